The number of aromatic nitrogens is 2. The zero-order valence-electron chi connectivity index (χ0n) is 10.6. The molecular weight excluding hydrogens is 226 g/mol. The van der Waals surface area contributed by atoms with Crippen LogP contribution in [0.5, 0.6) is 0 Å². The molecule has 1 N–H and O–H groups in total. The summed E-state index contributed by atoms with van der Waals surface area (Å²) < 4.78 is 1.42. The zero-order valence-corrected chi connectivity index (χ0v) is 10.6. The lowest BCUT2D eigenvalue weighted by Crippen LogP contribution is -2.26. The van der Waals surface area contributed by atoms with Crippen LogP contribution in [-0.2, 0) is 6.54 Å². The summed E-state index contributed by atoms with van der Waals surface area (Å²) in [5.74, 6) is 0.527. The third-order valence-electron chi connectivity index (χ3n) is 2.83. The second-order valence-electron chi connectivity index (χ2n) is 4.52. The molecule has 94 valence electrons. The Bertz CT molecular complexity index is 500. The quantitative estimate of drug-likeness (QED) is 0.901. The number of rotatable bonds is 3. The Morgan fingerprint density at radius 1 is 1.33 bits per heavy atom. The fraction of sp³-hybridized carbons (Fsp3) is 0.286. The number of nitrogens with one attached hydrogen (secondary N) is 1. The smallest absolute Gasteiger partial charge is 0.327 e. The van der Waals surface area contributed by atoms with Crippen LogP contribution in [0.4, 0.5) is 4.79 Å². The monoisotopic (exact) mass is 243 g/mol. The van der Waals surface area contributed by atoms with Gasteiger partial charge in [-0.2, -0.15) is 0 Å². The van der Waals surface area contributed by atoms with Gasteiger partial charge in [-0.1, -0.05) is 38.1 Å². The Balaban J connectivity index is 1.92. The van der Waals surface area contributed by atoms with Crippen LogP contribution in [0.1, 0.15) is 30.9 Å². The van der Waals surface area contributed by atoms with Crippen LogP contribution < -0.4 is 5.32 Å². The molecule has 0 aliphatic heterocycles. The van der Waals surface area contributed by atoms with E-state index in [1.54, 1.807) is 12.4 Å². The molecule has 4 nitrogen and oxygen atoms in total. The van der Waals surface area contributed by atoms with Gasteiger partial charge in [-0.05, 0) is 17.0 Å². The van der Waals surface area contributed by atoms with Crippen molar-refractivity contribution in [2.45, 2.75) is 26.3 Å². The molecule has 0 bridgehead atoms. The first kappa shape index (κ1) is 12.4. The molecule has 0 saturated heterocycles. The van der Waals surface area contributed by atoms with Crippen molar-refractivity contribution < 1.29 is 4.79 Å². The summed E-state index contributed by atoms with van der Waals surface area (Å²) in [6, 6.07) is 8.13. The van der Waals surface area contributed by atoms with Crippen LogP contribution in [0, 0.1) is 0 Å². The number of amides is 1. The molecule has 0 spiro atoms. The molecule has 0 atom stereocenters. The number of carbonyl (C=O) groups is 1. The van der Waals surface area contributed by atoms with Crippen molar-refractivity contribution in [3.63, 3.8) is 0 Å². The molecule has 0 saturated carbocycles. The standard InChI is InChI=1S/C14H17N3O/c1-11(2)13-5-3-12(4-6-13)9-16-14(18)17-8-7-15-10-17/h3-8,10-11H,9H2,1-2H3,(H,16,18). The van der Waals surface area contributed by atoms with Crippen molar-refractivity contribution in [3.05, 3.63) is 54.1 Å². The third kappa shape index (κ3) is 2.97. The average molecular weight is 243 g/mol. The molecule has 2 aromatic rings. The van der Waals surface area contributed by atoms with Crippen LogP contribution in [-0.4, -0.2) is 15.6 Å². The first-order valence-electron chi connectivity index (χ1n) is 6.02. The molecule has 4 heteroatoms. The third-order valence-corrected chi connectivity index (χ3v) is 2.83. The molecule has 0 radical (unpaired) electrons. The Hall–Kier alpha value is -2.10. The van der Waals surface area contributed by atoms with Crippen molar-refractivity contribution in [1.29, 1.82) is 0 Å². The number of hydrogen-bond donors (Lipinski definition) is 1. The second-order valence-corrected chi connectivity index (χ2v) is 4.52. The number of carbonyl (C=O) groups excluding carboxylic acids is 1. The van der Waals surface area contributed by atoms with Crippen LogP contribution >= 0.6 is 0 Å². The number of benzene rings is 1. The highest BCUT2D eigenvalue weighted by molar-refractivity contribution is 5.76. The van der Waals surface area contributed by atoms with E-state index < -0.39 is 0 Å². The average Bonchev–Trinajstić information content (AvgIpc) is 2.90. The van der Waals surface area contributed by atoms with Crippen LogP contribution in [0.2, 0.25) is 0 Å². The molecule has 0 fully saturated rings. The summed E-state index contributed by atoms with van der Waals surface area (Å²) >= 11 is 0. The van der Waals surface area contributed by atoms with E-state index in [9.17, 15) is 4.79 Å². The minimum atomic E-state index is -0.166. The second kappa shape index (κ2) is 5.49. The summed E-state index contributed by atoms with van der Waals surface area (Å²) in [6.45, 7) is 4.85. The van der Waals surface area contributed by atoms with E-state index in [4.69, 9.17) is 0 Å². The minimum absolute atomic E-state index is 0.166. The van der Waals surface area contributed by atoms with Crippen LogP contribution in [0.15, 0.2) is 43.0 Å². The van der Waals surface area contributed by atoms with E-state index in [1.165, 1.54) is 16.5 Å². The van der Waals surface area contributed by atoms with Crippen LogP contribution in [0.3, 0.4) is 0 Å². The van der Waals surface area contributed by atoms with Gasteiger partial charge in [0, 0.05) is 18.9 Å². The van der Waals surface area contributed by atoms with Gasteiger partial charge >= 0.3 is 6.03 Å². The summed E-state index contributed by atoms with van der Waals surface area (Å²) in [6.07, 6.45) is 4.69. The van der Waals surface area contributed by atoms with E-state index in [1.807, 2.05) is 12.1 Å². The fourth-order valence-electron chi connectivity index (χ4n) is 1.67. The van der Waals surface area contributed by atoms with Crippen molar-refractivity contribution in [2.24, 2.45) is 0 Å². The van der Waals surface area contributed by atoms with E-state index in [-0.39, 0.29) is 6.03 Å². The molecule has 2 rings (SSSR count). The van der Waals surface area contributed by atoms with Gasteiger partial charge in [0.05, 0.1) is 0 Å². The molecule has 0 aliphatic rings. The summed E-state index contributed by atoms with van der Waals surface area (Å²) in [5, 5.41) is 2.83. The Morgan fingerprint density at radius 2 is 2.06 bits per heavy atom. The van der Waals surface area contributed by atoms with Crippen molar-refractivity contribution in [2.75, 3.05) is 0 Å². The van der Waals surface area contributed by atoms with Gasteiger partial charge in [0.25, 0.3) is 0 Å². The maximum Gasteiger partial charge on any atom is 0.327 e. The highest BCUT2D eigenvalue weighted by atomic mass is 16.2. The summed E-state index contributed by atoms with van der Waals surface area (Å²) in [4.78, 5) is 15.5. The lowest BCUT2D eigenvalue weighted by molar-refractivity contribution is 0.242. The van der Waals surface area contributed by atoms with E-state index >= 15 is 0 Å². The lowest BCUT2D eigenvalue weighted by atomic mass is 10.0. The highest BCUT2D eigenvalue weighted by Crippen LogP contribution is 2.14. The lowest BCUT2D eigenvalue weighted by Gasteiger charge is -2.08. The van der Waals surface area contributed by atoms with Gasteiger partial charge in [0.15, 0.2) is 0 Å². The van der Waals surface area contributed by atoms with Gasteiger partial charge in [0.2, 0.25) is 0 Å². The van der Waals surface area contributed by atoms with Gasteiger partial charge in [-0.3, -0.25) is 4.57 Å². The van der Waals surface area contributed by atoms with Gasteiger partial charge < -0.3 is 5.32 Å². The van der Waals surface area contributed by atoms with E-state index in [0.717, 1.165) is 5.56 Å². The summed E-state index contributed by atoms with van der Waals surface area (Å²) in [5.41, 5.74) is 2.40. The molecule has 1 aromatic carbocycles. The first-order valence-corrected chi connectivity index (χ1v) is 6.02. The van der Waals surface area contributed by atoms with E-state index in [0.29, 0.717) is 12.5 Å². The molecule has 1 amide bonds. The van der Waals surface area contributed by atoms with Crippen molar-refractivity contribution >= 4 is 6.03 Å². The Morgan fingerprint density at radius 3 is 2.61 bits per heavy atom. The molecule has 1 heterocycles. The fourth-order valence-corrected chi connectivity index (χ4v) is 1.67. The molecule has 0 aliphatic carbocycles. The van der Waals surface area contributed by atoms with Gasteiger partial charge in [-0.15, -0.1) is 0 Å². The molecule has 0 unspecified atom stereocenters. The van der Waals surface area contributed by atoms with Crippen molar-refractivity contribution in [3.8, 4) is 0 Å². The maximum absolute atomic E-state index is 11.7. The topological polar surface area (TPSA) is 46.9 Å². The van der Waals surface area contributed by atoms with Crippen molar-refractivity contribution in [1.82, 2.24) is 14.9 Å². The van der Waals surface area contributed by atoms with E-state index in [2.05, 4.69) is 36.3 Å². The Kier molecular flexibility index (Phi) is 3.77. The normalized spacial score (nSPS) is 10.6. The highest BCUT2D eigenvalue weighted by Gasteiger charge is 2.03. The maximum atomic E-state index is 11.7. The number of nitrogens with zero attached hydrogens (tertiary/aromatic N) is 2. The molecule has 1 aromatic heterocycles. The predicted octanol–water partition coefficient (Wildman–Crippen LogP) is 2.76. The van der Waals surface area contributed by atoms with Gasteiger partial charge in [-0.25, -0.2) is 9.78 Å². The largest absolute Gasteiger partial charge is 0.333 e. The van der Waals surface area contributed by atoms with Crippen LogP contribution in [0.25, 0.3) is 0 Å². The summed E-state index contributed by atoms with van der Waals surface area (Å²) in [7, 11) is 0. The van der Waals surface area contributed by atoms with Gasteiger partial charge in [0.1, 0.15) is 6.33 Å². The number of hydrogen-bond acceptors (Lipinski definition) is 2. The minimum Gasteiger partial charge on any atom is -0.333 e. The zero-order chi connectivity index (χ0) is 13.0. The first-order chi connectivity index (χ1) is 8.66. The molecule has 18 heavy (non-hydrogen) atoms. The SMILES string of the molecule is CC(C)c1ccc(CNC(=O)n2ccnc2)cc1. The predicted molar refractivity (Wildman–Crippen MR) is 70.4 cm³/mol. The number of imidazole rings is 1. The Labute approximate surface area is 107 Å². The molecular formula is C14H17N3O.